The molecule has 1 aliphatic heterocycles. The highest BCUT2D eigenvalue weighted by atomic mass is 31.2. The Labute approximate surface area is 145 Å². The molecule has 0 saturated carbocycles. The molecule has 148 valence electrons. The number of carbonyl (C=O) groups excluding carboxylic acids is 1. The van der Waals surface area contributed by atoms with E-state index in [1.165, 1.54) is 0 Å². The first-order valence-electron chi connectivity index (χ1n) is 8.14. The Morgan fingerprint density at radius 1 is 1.20 bits per heavy atom. The minimum Gasteiger partial charge on any atom is -0.756 e. The number of unbranched alkanes of at least 4 members (excludes halogenated alkanes) is 4. The van der Waals surface area contributed by atoms with E-state index in [9.17, 15) is 29.6 Å². The summed E-state index contributed by atoms with van der Waals surface area (Å²) in [6, 6.07) is 0. The Bertz CT molecular complexity index is 467. The summed E-state index contributed by atoms with van der Waals surface area (Å²) in [6.45, 7) is 1.96. The number of hydrogen-bond acceptors (Lipinski definition) is 9. The van der Waals surface area contributed by atoms with Gasteiger partial charge in [0.2, 0.25) is 0 Å². The van der Waals surface area contributed by atoms with E-state index >= 15 is 0 Å². The molecule has 1 fully saturated rings. The van der Waals surface area contributed by atoms with Crippen LogP contribution in [0.2, 0.25) is 0 Å². The van der Waals surface area contributed by atoms with Crippen molar-refractivity contribution < 1.29 is 49.2 Å². The maximum absolute atomic E-state index is 11.8. The van der Waals surface area contributed by atoms with E-state index in [2.05, 4.69) is 21.8 Å². The van der Waals surface area contributed by atoms with Crippen LogP contribution in [-0.4, -0.2) is 58.5 Å². The van der Waals surface area contributed by atoms with Gasteiger partial charge >= 0.3 is 0 Å². The topological polar surface area (TPSA) is 185 Å². The van der Waals surface area contributed by atoms with Gasteiger partial charge in [-0.2, -0.15) is 0 Å². The van der Waals surface area contributed by atoms with Gasteiger partial charge in [-0.3, -0.25) is 19.7 Å². The molecule has 6 atom stereocenters. The third-order valence-corrected chi connectivity index (χ3v) is 4.70. The van der Waals surface area contributed by atoms with E-state index in [1.54, 1.807) is 0 Å². The lowest BCUT2D eigenvalue weighted by Crippen LogP contribution is -2.72. The molecular formula is C13H27N2O9P. The summed E-state index contributed by atoms with van der Waals surface area (Å²) in [4.78, 5) is 23.4. The molecular weight excluding hydrogens is 359 g/mol. The lowest BCUT2D eigenvalue weighted by Gasteiger charge is -2.40. The van der Waals surface area contributed by atoms with Gasteiger partial charge in [-0.15, -0.1) is 0 Å². The van der Waals surface area contributed by atoms with E-state index in [4.69, 9.17) is 4.74 Å². The van der Waals surface area contributed by atoms with Crippen molar-refractivity contribution in [3.8, 4) is 0 Å². The number of hydrogen-bond donors (Lipinski definition) is 5. The lowest BCUT2D eigenvalue weighted by atomic mass is 9.98. The molecule has 1 heterocycles. The summed E-state index contributed by atoms with van der Waals surface area (Å²) < 4.78 is 26.0. The first kappa shape index (κ1) is 22.4. The summed E-state index contributed by atoms with van der Waals surface area (Å²) in [6.07, 6.45) is -4.71. The van der Waals surface area contributed by atoms with Gasteiger partial charge in [-0.25, -0.2) is 5.43 Å². The molecule has 0 aromatic rings. The zero-order valence-electron chi connectivity index (χ0n) is 14.1. The van der Waals surface area contributed by atoms with Gasteiger partial charge in [0.1, 0.15) is 18.3 Å². The fraction of sp³-hybridized carbons (Fsp3) is 0.923. The Morgan fingerprint density at radius 3 is 2.44 bits per heavy atom. The summed E-state index contributed by atoms with van der Waals surface area (Å²) in [5, 5.41) is 29.2. The fourth-order valence-electron chi connectivity index (χ4n) is 2.29. The van der Waals surface area contributed by atoms with Crippen molar-refractivity contribution in [1.82, 2.24) is 5.43 Å². The van der Waals surface area contributed by atoms with E-state index < -0.39 is 44.4 Å². The number of nitrogens with one attached hydrogen (secondary N) is 1. The fourth-order valence-corrected chi connectivity index (χ4v) is 3.13. The van der Waals surface area contributed by atoms with Gasteiger partial charge in [0, 0.05) is 0 Å². The molecule has 12 heteroatoms. The normalized spacial score (nSPS) is 32.2. The average molecular weight is 386 g/mol. The molecule has 0 bridgehead atoms. The number of amides is 1. The molecule has 1 unspecified atom stereocenters. The molecule has 1 amide bonds. The van der Waals surface area contributed by atoms with Crippen molar-refractivity contribution in [2.45, 2.75) is 69.7 Å². The number of ether oxygens (including phenoxy) is 1. The number of phosphoric ester groups is 1. The molecule has 0 aromatic carbocycles. The van der Waals surface area contributed by atoms with Crippen LogP contribution >= 0.6 is 7.82 Å². The Morgan fingerprint density at radius 2 is 1.84 bits per heavy atom. The number of rotatable bonds is 10. The lowest BCUT2D eigenvalue weighted by molar-refractivity contribution is -0.430. The van der Waals surface area contributed by atoms with Gasteiger partial charge in [0.05, 0.1) is 6.61 Å². The van der Waals surface area contributed by atoms with Crippen LogP contribution < -0.4 is 16.2 Å². The van der Waals surface area contributed by atoms with E-state index in [-0.39, 0.29) is 6.61 Å². The third kappa shape index (κ3) is 6.89. The molecule has 0 spiro atoms. The smallest absolute Gasteiger partial charge is 0.296 e. The van der Waals surface area contributed by atoms with Gasteiger partial charge < -0.3 is 29.5 Å². The maximum atomic E-state index is 11.8. The molecule has 0 aromatic heterocycles. The number of phosphoric acid groups is 1. The second-order valence-electron chi connectivity index (χ2n) is 5.74. The van der Waals surface area contributed by atoms with E-state index in [1.807, 2.05) is 5.43 Å². The molecule has 7 N–H and O–H groups in total. The van der Waals surface area contributed by atoms with Crippen molar-refractivity contribution >= 4 is 13.7 Å². The Hall–Kier alpha value is -0.620. The predicted molar refractivity (Wildman–Crippen MR) is 81.1 cm³/mol. The van der Waals surface area contributed by atoms with Gasteiger partial charge in [-0.05, 0) is 6.42 Å². The molecule has 1 saturated heterocycles. The minimum absolute atomic E-state index is 0.0960. The van der Waals surface area contributed by atoms with Crippen molar-refractivity contribution in [2.75, 3.05) is 6.61 Å². The highest BCUT2D eigenvalue weighted by Gasteiger charge is 2.48. The number of aliphatic hydroxyl groups excluding tert-OH is 3. The number of aliphatic hydroxyl groups is 3. The van der Waals surface area contributed by atoms with Crippen molar-refractivity contribution in [1.29, 1.82) is 0 Å². The monoisotopic (exact) mass is 386 g/mol. The van der Waals surface area contributed by atoms with Crippen molar-refractivity contribution in [3.63, 3.8) is 0 Å². The zero-order valence-corrected chi connectivity index (χ0v) is 15.0. The van der Waals surface area contributed by atoms with E-state index in [0.29, 0.717) is 6.42 Å². The van der Waals surface area contributed by atoms with Crippen LogP contribution in [0.4, 0.5) is 0 Å². The summed E-state index contributed by atoms with van der Waals surface area (Å²) in [5.74, 6) is 2.18. The average Bonchev–Trinajstić information content (AvgIpc) is 2.57. The Balaban J connectivity index is 2.56. The quantitative estimate of drug-likeness (QED) is 0.154. The van der Waals surface area contributed by atoms with Crippen molar-refractivity contribution in [3.05, 3.63) is 0 Å². The van der Waals surface area contributed by atoms with Crippen LogP contribution in [0.15, 0.2) is 0 Å². The van der Waals surface area contributed by atoms with Crippen LogP contribution in [-0.2, 0) is 23.1 Å². The minimum atomic E-state index is -4.84. The van der Waals surface area contributed by atoms with Crippen LogP contribution in [0.1, 0.15) is 39.0 Å². The molecule has 1 aliphatic rings. The molecule has 25 heavy (non-hydrogen) atoms. The largest absolute Gasteiger partial charge is 0.756 e. The molecule has 0 aliphatic carbocycles. The maximum Gasteiger partial charge on any atom is 0.296 e. The summed E-state index contributed by atoms with van der Waals surface area (Å²) in [5.41, 5.74) is 1.94. The zero-order chi connectivity index (χ0) is 19.0. The number of quaternary nitrogens is 1. The second-order valence-corrected chi connectivity index (χ2v) is 7.10. The standard InChI is InChI=1S/C13H27N2O9P/c1-2-3-4-5-6-7-22-25(20,21)24-13-10(18)8(16)9(17)11(23-13)12(19)15-14/h8-11,13,16-18H,2-7,14H2,1H3,(H,15,19)(H,20,21)/t8-,9-,10+,11-,13-/m0/s1. The molecule has 1 rings (SSSR count). The third-order valence-electron chi connectivity index (χ3n) is 3.73. The first-order chi connectivity index (χ1) is 11.7. The summed E-state index contributed by atoms with van der Waals surface area (Å²) >= 11 is 0. The number of carbonyl (C=O) groups is 1. The van der Waals surface area contributed by atoms with Gasteiger partial charge in [-0.1, -0.05) is 32.6 Å². The van der Waals surface area contributed by atoms with Crippen molar-refractivity contribution in [2.24, 2.45) is 0 Å². The summed E-state index contributed by atoms with van der Waals surface area (Å²) in [7, 11) is -4.84. The van der Waals surface area contributed by atoms with Gasteiger partial charge in [0.25, 0.3) is 13.7 Å². The molecule has 11 nitrogen and oxygen atoms in total. The van der Waals surface area contributed by atoms with Gasteiger partial charge in [0.15, 0.2) is 12.4 Å². The van der Waals surface area contributed by atoms with Crippen LogP contribution in [0.5, 0.6) is 0 Å². The highest BCUT2D eigenvalue weighted by Crippen LogP contribution is 2.42. The second kappa shape index (κ2) is 10.5. The van der Waals surface area contributed by atoms with E-state index in [0.717, 1.165) is 25.7 Å². The van der Waals surface area contributed by atoms with Crippen LogP contribution in [0.3, 0.4) is 0 Å². The Kier molecular flexibility index (Phi) is 9.43. The first-order valence-corrected chi connectivity index (χ1v) is 9.60. The van der Waals surface area contributed by atoms with Crippen LogP contribution in [0, 0.1) is 0 Å². The van der Waals surface area contributed by atoms with Crippen LogP contribution in [0.25, 0.3) is 0 Å². The SMILES string of the molecule is CCCCCCCOP(=O)([O-])O[C@@H]1O[C@H](C(=O)N[NH3+])[C@@H](O)[C@H](O)[C@H]1O. The predicted octanol–water partition coefficient (Wildman–Crippen LogP) is -2.46. The molecule has 0 radical (unpaired) electrons. The highest BCUT2D eigenvalue weighted by molar-refractivity contribution is 7.45.